The molecule has 2 aromatic heterocycles. The smallest absolute Gasteiger partial charge is 0.417 e. The number of nitrogens with zero attached hydrogens (tertiary/aromatic N) is 2. The van der Waals surface area contributed by atoms with E-state index in [0.717, 1.165) is 19.8 Å². The molecule has 1 atom stereocenters. The molecule has 6 N–H and O–H groups in total. The molecule has 9 nitrogen and oxygen atoms in total. The summed E-state index contributed by atoms with van der Waals surface area (Å²) in [6.45, 7) is 8.01. The van der Waals surface area contributed by atoms with Crippen LogP contribution in [0.15, 0.2) is 10.9 Å². The number of nitrogen functional groups attached to an aromatic ring is 1. The third kappa shape index (κ3) is 7.46. The summed E-state index contributed by atoms with van der Waals surface area (Å²) in [6, 6.07) is 0.673. The molecule has 232 valence electrons. The fourth-order valence-corrected chi connectivity index (χ4v) is 4.79. The number of aromatic nitrogens is 3. The van der Waals surface area contributed by atoms with Crippen molar-refractivity contribution in [2.24, 2.45) is 0 Å². The third-order valence-electron chi connectivity index (χ3n) is 6.81. The number of hydrogen-bond acceptors (Lipinski definition) is 8. The second-order valence-electron chi connectivity index (χ2n) is 9.88. The van der Waals surface area contributed by atoms with E-state index in [1.165, 1.54) is 12.8 Å². The number of hydrogen-bond donors (Lipinski definition) is 5. The summed E-state index contributed by atoms with van der Waals surface area (Å²) < 4.78 is 77.6. The van der Waals surface area contributed by atoms with E-state index < -0.39 is 63.2 Å². The van der Waals surface area contributed by atoms with Crippen molar-refractivity contribution in [3.63, 3.8) is 0 Å². The molecule has 1 unspecified atom stereocenters. The molecular formula is C28H37F5N6O3. The van der Waals surface area contributed by atoms with E-state index >= 15 is 4.39 Å². The molecule has 0 saturated heterocycles. The molecule has 1 aromatic carbocycles. The van der Waals surface area contributed by atoms with Gasteiger partial charge in [-0.25, -0.2) is 18.6 Å². The maximum Gasteiger partial charge on any atom is 0.417 e. The molecule has 14 heteroatoms. The molecule has 0 spiro atoms. The minimum Gasteiger partial charge on any atom is -0.474 e. The van der Waals surface area contributed by atoms with Gasteiger partial charge in [0.25, 0.3) is 0 Å². The van der Waals surface area contributed by atoms with Gasteiger partial charge in [0.15, 0.2) is 5.82 Å². The summed E-state index contributed by atoms with van der Waals surface area (Å²) in [5.74, 6) is -2.80. The van der Waals surface area contributed by atoms with Gasteiger partial charge < -0.3 is 31.2 Å². The largest absolute Gasteiger partial charge is 0.474 e. The number of rotatable bonds is 1. The van der Waals surface area contributed by atoms with Crippen LogP contribution < -0.4 is 26.8 Å². The molecule has 1 aliphatic heterocycles. The number of pyridine rings is 1. The summed E-state index contributed by atoms with van der Waals surface area (Å²) >= 11 is 0. The van der Waals surface area contributed by atoms with Crippen LogP contribution in [0.4, 0.5) is 33.5 Å². The average molecular weight is 601 g/mol. The van der Waals surface area contributed by atoms with Crippen LogP contribution in [0.25, 0.3) is 22.2 Å². The van der Waals surface area contributed by atoms with E-state index in [1.54, 1.807) is 6.92 Å². The highest BCUT2D eigenvalue weighted by molar-refractivity contribution is 5.96. The van der Waals surface area contributed by atoms with Crippen molar-refractivity contribution in [3.8, 4) is 17.1 Å². The Labute approximate surface area is 240 Å². The number of H-pyrrole nitrogens is 1. The first-order valence-electron chi connectivity index (χ1n) is 14.0. The number of anilines is 2. The first kappa shape index (κ1) is 33.0. The van der Waals surface area contributed by atoms with Crippen molar-refractivity contribution in [2.45, 2.75) is 78.2 Å². The predicted molar refractivity (Wildman–Crippen MR) is 152 cm³/mol. The zero-order valence-electron chi connectivity index (χ0n) is 24.0. The van der Waals surface area contributed by atoms with E-state index in [2.05, 4.69) is 25.6 Å². The van der Waals surface area contributed by atoms with E-state index in [4.69, 9.17) is 15.6 Å². The molecule has 0 amide bonds. The summed E-state index contributed by atoms with van der Waals surface area (Å²) in [5.41, 5.74) is -0.219. The van der Waals surface area contributed by atoms with E-state index in [9.17, 15) is 22.4 Å². The zero-order valence-corrected chi connectivity index (χ0v) is 24.0. The molecule has 3 heterocycles. The van der Waals surface area contributed by atoms with Gasteiger partial charge in [0, 0.05) is 18.7 Å². The number of ether oxygens (including phenoxy) is 1. The number of benzene rings is 1. The Kier molecular flexibility index (Phi) is 11.1. The maximum absolute atomic E-state index is 15.7. The first-order valence-corrected chi connectivity index (χ1v) is 14.0. The molecule has 2 aliphatic rings. The number of nitrogens with two attached hydrogens (primary N) is 1. The van der Waals surface area contributed by atoms with Gasteiger partial charge >= 0.3 is 11.9 Å². The number of aliphatic hydroxyl groups excluding tert-OH is 1. The molecule has 1 saturated carbocycles. The second kappa shape index (κ2) is 14.1. The minimum atomic E-state index is -5.05. The lowest BCUT2D eigenvalue weighted by molar-refractivity contribution is -0.137. The molecule has 3 aromatic rings. The number of nitrogens with one attached hydrogen (secondary N) is 3. The SMILES string of the molecule is CC.Cc1c(F)c(N)cc(-c2nc3c4c(nc(=O)[nH]c4c2F)NCCNCCC(C)O3)c1C(F)(F)F.OC1CCCC1. The number of alkyl halides is 3. The molecule has 5 rings (SSSR count). The lowest BCUT2D eigenvalue weighted by Gasteiger charge is -2.20. The molecule has 1 fully saturated rings. The number of aliphatic hydroxyl groups is 1. The molecule has 42 heavy (non-hydrogen) atoms. The lowest BCUT2D eigenvalue weighted by Crippen LogP contribution is -2.26. The van der Waals surface area contributed by atoms with E-state index in [-0.39, 0.29) is 23.2 Å². The molecule has 1 aliphatic carbocycles. The van der Waals surface area contributed by atoms with E-state index in [0.29, 0.717) is 32.1 Å². The van der Waals surface area contributed by atoms with Gasteiger partial charge in [0.2, 0.25) is 5.88 Å². The summed E-state index contributed by atoms with van der Waals surface area (Å²) in [4.78, 5) is 22.3. The summed E-state index contributed by atoms with van der Waals surface area (Å²) in [5, 5.41) is 14.7. The minimum absolute atomic E-state index is 0.0324. The molecule has 0 radical (unpaired) electrons. The first-order chi connectivity index (χ1) is 19.9. The average Bonchev–Trinajstić information content (AvgIpc) is 3.40. The fraction of sp³-hybridized carbons (Fsp3) is 0.536. The highest BCUT2D eigenvalue weighted by Crippen LogP contribution is 2.44. The Balaban J connectivity index is 0.000000530. The van der Waals surface area contributed by atoms with Crippen molar-refractivity contribution in [1.29, 1.82) is 0 Å². The van der Waals surface area contributed by atoms with Crippen LogP contribution in [0.5, 0.6) is 5.88 Å². The Morgan fingerprint density at radius 3 is 2.31 bits per heavy atom. The Morgan fingerprint density at radius 2 is 1.71 bits per heavy atom. The number of halogens is 5. The van der Waals surface area contributed by atoms with Crippen molar-refractivity contribution >= 4 is 22.4 Å². The lowest BCUT2D eigenvalue weighted by atomic mass is 9.96. The fourth-order valence-electron chi connectivity index (χ4n) is 4.79. The van der Waals surface area contributed by atoms with Crippen molar-refractivity contribution in [3.05, 3.63) is 39.3 Å². The summed E-state index contributed by atoms with van der Waals surface area (Å²) in [7, 11) is 0. The second-order valence-corrected chi connectivity index (χ2v) is 9.88. The van der Waals surface area contributed by atoms with Crippen LogP contribution in [-0.4, -0.2) is 51.9 Å². The van der Waals surface area contributed by atoms with Crippen molar-refractivity contribution < 1.29 is 31.8 Å². The number of aromatic amines is 1. The molecule has 0 bridgehead atoms. The third-order valence-corrected chi connectivity index (χ3v) is 6.81. The van der Waals surface area contributed by atoms with Crippen LogP contribution in [0, 0.1) is 18.6 Å². The highest BCUT2D eigenvalue weighted by atomic mass is 19.4. The predicted octanol–water partition coefficient (Wildman–Crippen LogP) is 5.29. The Hall–Kier alpha value is -3.52. The van der Waals surface area contributed by atoms with Gasteiger partial charge in [-0.3, -0.25) is 0 Å². The standard InChI is InChI=1S/C21H21F5N6O2.C5H10O.C2H6/c1-8-3-4-28-5-6-29-18-12-17(31-20(33)32-18)15(23)16(30-19(12)34-8)10-7-11(27)14(22)9(2)13(10)21(24,25)26;6-5-3-1-2-4-5;1-2/h7-8,28H,3-6,27H2,1-2H3,(H2,29,31,32,33);5-6H,1-4H2;1-2H3. The van der Waals surface area contributed by atoms with Gasteiger partial charge in [-0.05, 0) is 51.3 Å². The van der Waals surface area contributed by atoms with Crippen LogP contribution in [0.1, 0.15) is 64.0 Å². The van der Waals surface area contributed by atoms with Crippen molar-refractivity contribution in [2.75, 3.05) is 30.7 Å². The van der Waals surface area contributed by atoms with Gasteiger partial charge in [-0.2, -0.15) is 18.2 Å². The topological polar surface area (TPSA) is 138 Å². The van der Waals surface area contributed by atoms with Crippen LogP contribution in [0.2, 0.25) is 0 Å². The van der Waals surface area contributed by atoms with Gasteiger partial charge in [0.05, 0.1) is 29.0 Å². The van der Waals surface area contributed by atoms with Gasteiger partial charge in [0.1, 0.15) is 22.7 Å². The maximum atomic E-state index is 15.7. The quantitative estimate of drug-likeness (QED) is 0.188. The Bertz CT molecular complexity index is 1440. The molecular weight excluding hydrogens is 563 g/mol. The summed E-state index contributed by atoms with van der Waals surface area (Å²) in [6.07, 6.45) is -0.402. The Morgan fingerprint density at radius 1 is 1.05 bits per heavy atom. The van der Waals surface area contributed by atoms with Crippen LogP contribution in [0.3, 0.4) is 0 Å². The zero-order chi connectivity index (χ0) is 31.2. The van der Waals surface area contributed by atoms with Crippen LogP contribution in [-0.2, 0) is 6.18 Å². The van der Waals surface area contributed by atoms with Crippen LogP contribution >= 0.6 is 0 Å². The highest BCUT2D eigenvalue weighted by Gasteiger charge is 2.39. The normalized spacial score (nSPS) is 17.6. The van der Waals surface area contributed by atoms with Gasteiger partial charge in [-0.15, -0.1) is 0 Å². The van der Waals surface area contributed by atoms with Crippen molar-refractivity contribution in [1.82, 2.24) is 20.3 Å². The monoisotopic (exact) mass is 600 g/mol. The van der Waals surface area contributed by atoms with E-state index in [1.807, 2.05) is 13.8 Å². The van der Waals surface area contributed by atoms with Gasteiger partial charge in [-0.1, -0.05) is 26.7 Å².